The van der Waals surface area contributed by atoms with E-state index >= 15 is 0 Å². The van der Waals surface area contributed by atoms with Crippen molar-refractivity contribution >= 4 is 11.8 Å². The van der Waals surface area contributed by atoms with Gasteiger partial charge in [0.05, 0.1) is 12.2 Å². The predicted octanol–water partition coefficient (Wildman–Crippen LogP) is 3.59. The van der Waals surface area contributed by atoms with Crippen LogP contribution in [-0.4, -0.2) is 18.7 Å². The van der Waals surface area contributed by atoms with Crippen LogP contribution in [0.4, 0.5) is 14.9 Å². The zero-order valence-corrected chi connectivity index (χ0v) is 10.9. The molecule has 0 spiro atoms. The Kier molecular flexibility index (Phi) is 3.28. The average molecular weight is 251 g/mol. The number of hydrogen-bond acceptors (Lipinski definition) is 2. The molecule has 0 radical (unpaired) electrons. The molecule has 1 fully saturated rings. The van der Waals surface area contributed by atoms with Gasteiger partial charge >= 0.3 is 6.09 Å². The molecule has 1 aromatic carbocycles. The van der Waals surface area contributed by atoms with Gasteiger partial charge in [-0.15, -0.1) is 0 Å². The molecule has 1 amide bonds. The van der Waals surface area contributed by atoms with Crippen molar-refractivity contribution in [1.29, 1.82) is 0 Å². The molecular formula is C14H18FNO2. The summed E-state index contributed by atoms with van der Waals surface area (Å²) < 4.78 is 18.4. The molecule has 3 nitrogen and oxygen atoms in total. The first-order valence-corrected chi connectivity index (χ1v) is 6.09. The monoisotopic (exact) mass is 251 g/mol. The van der Waals surface area contributed by atoms with E-state index < -0.39 is 6.09 Å². The van der Waals surface area contributed by atoms with E-state index in [2.05, 4.69) is 20.8 Å². The summed E-state index contributed by atoms with van der Waals surface area (Å²) in [4.78, 5) is 13.2. The minimum Gasteiger partial charge on any atom is -0.444 e. The maximum Gasteiger partial charge on any atom is 0.414 e. The summed E-state index contributed by atoms with van der Waals surface area (Å²) in [5.41, 5.74) is 0.652. The highest BCUT2D eigenvalue weighted by Gasteiger charge is 2.34. The van der Waals surface area contributed by atoms with Gasteiger partial charge in [0.1, 0.15) is 11.9 Å². The molecule has 1 atom stereocenters. The van der Waals surface area contributed by atoms with E-state index in [9.17, 15) is 9.18 Å². The second-order valence-electron chi connectivity index (χ2n) is 5.86. The van der Waals surface area contributed by atoms with Gasteiger partial charge in [0.15, 0.2) is 0 Å². The number of amides is 1. The van der Waals surface area contributed by atoms with Crippen molar-refractivity contribution in [3.8, 4) is 0 Å². The number of carbonyl (C=O) groups excluding carboxylic acids is 1. The van der Waals surface area contributed by atoms with Gasteiger partial charge < -0.3 is 4.74 Å². The molecule has 1 aliphatic heterocycles. The van der Waals surface area contributed by atoms with Crippen molar-refractivity contribution in [2.24, 2.45) is 5.41 Å². The zero-order valence-electron chi connectivity index (χ0n) is 10.9. The molecule has 0 aromatic heterocycles. The molecule has 1 heterocycles. The molecule has 1 saturated heterocycles. The normalized spacial score (nSPS) is 20.1. The third-order valence-electron chi connectivity index (χ3n) is 2.83. The van der Waals surface area contributed by atoms with Gasteiger partial charge in [0.25, 0.3) is 0 Å². The summed E-state index contributed by atoms with van der Waals surface area (Å²) in [6.45, 7) is 6.79. The second kappa shape index (κ2) is 4.59. The van der Waals surface area contributed by atoms with Gasteiger partial charge in [0, 0.05) is 0 Å². The van der Waals surface area contributed by atoms with Gasteiger partial charge in [-0.05, 0) is 30.0 Å². The number of ether oxygens (including phenoxy) is 1. The van der Waals surface area contributed by atoms with Crippen LogP contribution >= 0.6 is 0 Å². The van der Waals surface area contributed by atoms with Crippen LogP contribution in [0, 0.1) is 11.2 Å². The van der Waals surface area contributed by atoms with Gasteiger partial charge in [0.2, 0.25) is 0 Å². The van der Waals surface area contributed by atoms with Crippen molar-refractivity contribution in [3.63, 3.8) is 0 Å². The van der Waals surface area contributed by atoms with Crippen LogP contribution < -0.4 is 4.90 Å². The van der Waals surface area contributed by atoms with Crippen molar-refractivity contribution in [2.75, 3.05) is 11.4 Å². The third-order valence-corrected chi connectivity index (χ3v) is 2.83. The molecule has 18 heavy (non-hydrogen) atoms. The van der Waals surface area contributed by atoms with E-state index in [1.807, 2.05) is 0 Å². The number of cyclic esters (lactones) is 1. The molecule has 0 bridgehead atoms. The fourth-order valence-electron chi connectivity index (χ4n) is 2.17. The zero-order chi connectivity index (χ0) is 13.3. The van der Waals surface area contributed by atoms with Crippen molar-refractivity contribution in [3.05, 3.63) is 30.1 Å². The third kappa shape index (κ3) is 3.00. The number of halogens is 1. The van der Waals surface area contributed by atoms with Crippen LogP contribution in [-0.2, 0) is 4.74 Å². The Morgan fingerprint density at radius 1 is 1.44 bits per heavy atom. The van der Waals surface area contributed by atoms with Crippen LogP contribution in [0.3, 0.4) is 0 Å². The predicted molar refractivity (Wildman–Crippen MR) is 68.1 cm³/mol. The lowest BCUT2D eigenvalue weighted by Crippen LogP contribution is -2.26. The lowest BCUT2D eigenvalue weighted by atomic mass is 9.89. The minimum absolute atomic E-state index is 0.100. The van der Waals surface area contributed by atoms with Gasteiger partial charge in [-0.25, -0.2) is 9.18 Å². The first-order chi connectivity index (χ1) is 8.35. The lowest BCUT2D eigenvalue weighted by molar-refractivity contribution is 0.114. The number of benzene rings is 1. The highest BCUT2D eigenvalue weighted by molar-refractivity contribution is 5.89. The number of hydrogen-bond donors (Lipinski definition) is 0. The number of rotatable bonds is 2. The summed E-state index contributed by atoms with van der Waals surface area (Å²) in [6.07, 6.45) is 0.278. The van der Waals surface area contributed by atoms with Crippen LogP contribution in [0.5, 0.6) is 0 Å². The molecule has 1 aliphatic rings. The number of nitrogens with zero attached hydrogens (tertiary/aromatic N) is 1. The van der Waals surface area contributed by atoms with Crippen LogP contribution in [0.15, 0.2) is 24.3 Å². The summed E-state index contributed by atoms with van der Waals surface area (Å²) in [5, 5.41) is 0. The molecule has 4 heteroatoms. The Hall–Kier alpha value is -1.58. The molecule has 2 rings (SSSR count). The smallest absolute Gasteiger partial charge is 0.414 e. The first kappa shape index (κ1) is 12.9. The fourth-order valence-corrected chi connectivity index (χ4v) is 2.17. The molecular weight excluding hydrogens is 233 g/mol. The molecule has 0 N–H and O–H groups in total. The summed E-state index contributed by atoms with van der Waals surface area (Å²) in [7, 11) is 0. The van der Waals surface area contributed by atoms with E-state index in [0.29, 0.717) is 12.2 Å². The average Bonchev–Trinajstić information content (AvgIpc) is 2.56. The fraction of sp³-hybridized carbons (Fsp3) is 0.500. The lowest BCUT2D eigenvalue weighted by Gasteiger charge is -2.21. The minimum atomic E-state index is -0.394. The van der Waals surface area contributed by atoms with E-state index in [-0.39, 0.29) is 17.3 Å². The van der Waals surface area contributed by atoms with Crippen molar-refractivity contribution < 1.29 is 13.9 Å². The largest absolute Gasteiger partial charge is 0.444 e. The van der Waals surface area contributed by atoms with Crippen LogP contribution in [0.25, 0.3) is 0 Å². The Morgan fingerprint density at radius 3 is 2.78 bits per heavy atom. The summed E-state index contributed by atoms with van der Waals surface area (Å²) in [6, 6.07) is 6.01. The van der Waals surface area contributed by atoms with Crippen molar-refractivity contribution in [2.45, 2.75) is 33.3 Å². The first-order valence-electron chi connectivity index (χ1n) is 6.09. The summed E-state index contributed by atoms with van der Waals surface area (Å²) in [5.74, 6) is -0.348. The van der Waals surface area contributed by atoms with Crippen LogP contribution in [0.1, 0.15) is 27.2 Å². The topological polar surface area (TPSA) is 29.5 Å². The standard InChI is InChI=1S/C14H18FNO2/c1-14(2,3)8-12-9-16(13(17)18-12)11-6-4-5-10(15)7-11/h4-7,12H,8-9H2,1-3H3/t12-/m0/s1. The summed E-state index contributed by atoms with van der Waals surface area (Å²) >= 11 is 0. The molecule has 1 aromatic rings. The number of carbonyl (C=O) groups is 1. The van der Waals surface area contributed by atoms with Gasteiger partial charge in [-0.2, -0.15) is 0 Å². The SMILES string of the molecule is CC(C)(C)C[C@H]1CN(c2cccc(F)c2)C(=O)O1. The molecule has 98 valence electrons. The van der Waals surface area contributed by atoms with E-state index in [0.717, 1.165) is 6.42 Å². The second-order valence-corrected chi connectivity index (χ2v) is 5.86. The number of anilines is 1. The highest BCUT2D eigenvalue weighted by Crippen LogP contribution is 2.29. The quantitative estimate of drug-likeness (QED) is 0.804. The van der Waals surface area contributed by atoms with E-state index in [4.69, 9.17) is 4.74 Å². The maximum absolute atomic E-state index is 13.1. The van der Waals surface area contributed by atoms with Gasteiger partial charge in [-0.1, -0.05) is 26.8 Å². The van der Waals surface area contributed by atoms with E-state index in [1.54, 1.807) is 12.1 Å². The Balaban J connectivity index is 2.10. The van der Waals surface area contributed by atoms with E-state index in [1.165, 1.54) is 17.0 Å². The Bertz CT molecular complexity index is 453. The molecule has 0 aliphatic carbocycles. The Morgan fingerprint density at radius 2 is 2.17 bits per heavy atom. The molecule has 0 unspecified atom stereocenters. The van der Waals surface area contributed by atoms with Crippen molar-refractivity contribution in [1.82, 2.24) is 0 Å². The van der Waals surface area contributed by atoms with Gasteiger partial charge in [-0.3, -0.25) is 4.90 Å². The van der Waals surface area contributed by atoms with Crippen LogP contribution in [0.2, 0.25) is 0 Å². The maximum atomic E-state index is 13.1. The highest BCUT2D eigenvalue weighted by atomic mass is 19.1. The molecule has 0 saturated carbocycles. The Labute approximate surface area is 107 Å².